The third kappa shape index (κ3) is 4.82. The Labute approximate surface area is 167 Å². The molecule has 29 heavy (non-hydrogen) atoms. The first-order valence-electron chi connectivity index (χ1n) is 9.30. The van der Waals surface area contributed by atoms with Gasteiger partial charge in [-0.05, 0) is 28.6 Å². The molecule has 0 unspecified atom stereocenters. The van der Waals surface area contributed by atoms with Gasteiger partial charge in [-0.25, -0.2) is 4.68 Å². The lowest BCUT2D eigenvalue weighted by Gasteiger charge is -2.28. The molecule has 11 nitrogen and oxygen atoms in total. The van der Waals surface area contributed by atoms with Crippen molar-refractivity contribution in [1.82, 2.24) is 35.7 Å². The third-order valence-corrected chi connectivity index (χ3v) is 4.45. The summed E-state index contributed by atoms with van der Waals surface area (Å²) in [6, 6.07) is 9.05. The van der Waals surface area contributed by atoms with Crippen LogP contribution in [0.5, 0.6) is 0 Å². The number of morpholine rings is 1. The highest BCUT2D eigenvalue weighted by molar-refractivity contribution is 5.94. The maximum atomic E-state index is 12.4. The van der Waals surface area contributed by atoms with Crippen LogP contribution >= 0.6 is 0 Å². The number of amides is 1. The van der Waals surface area contributed by atoms with Crippen LogP contribution in [-0.4, -0.2) is 75.7 Å². The molecule has 0 aliphatic carbocycles. The number of carbonyl (C=O) groups excluding carboxylic acids is 1. The highest BCUT2D eigenvalue weighted by Crippen LogP contribution is 2.16. The van der Waals surface area contributed by atoms with E-state index in [1.165, 1.54) is 11.0 Å². The number of nitrogens with one attached hydrogen (secondary N) is 2. The summed E-state index contributed by atoms with van der Waals surface area (Å²) in [5.74, 6) is 0.499. The molecule has 3 heterocycles. The topological polar surface area (TPSA) is 123 Å². The minimum atomic E-state index is -0.171. The summed E-state index contributed by atoms with van der Waals surface area (Å²) in [6.07, 6.45) is 3.23. The zero-order valence-electron chi connectivity index (χ0n) is 15.7. The molecule has 1 aliphatic heterocycles. The van der Waals surface area contributed by atoms with Crippen molar-refractivity contribution < 1.29 is 9.53 Å². The first-order valence-corrected chi connectivity index (χ1v) is 9.30. The molecule has 1 saturated heterocycles. The fourth-order valence-electron chi connectivity index (χ4n) is 2.98. The summed E-state index contributed by atoms with van der Waals surface area (Å²) in [6.45, 7) is 4.07. The van der Waals surface area contributed by atoms with Crippen molar-refractivity contribution >= 4 is 17.4 Å². The summed E-state index contributed by atoms with van der Waals surface area (Å²) in [4.78, 5) is 14.6. The van der Waals surface area contributed by atoms with E-state index in [1.54, 1.807) is 24.4 Å². The Morgan fingerprint density at radius 3 is 2.83 bits per heavy atom. The summed E-state index contributed by atoms with van der Waals surface area (Å²) in [7, 11) is 0. The number of ether oxygens (including phenoxy) is 1. The number of carbonyl (C=O) groups is 1. The Bertz CT molecular complexity index is 942. The normalized spacial score (nSPS) is 13.9. The van der Waals surface area contributed by atoms with Gasteiger partial charge >= 0.3 is 0 Å². The molecule has 0 atom stereocenters. The predicted octanol–water partition coefficient (Wildman–Crippen LogP) is 0.131. The molecule has 0 bridgehead atoms. The molecule has 4 rings (SSSR count). The fourth-order valence-corrected chi connectivity index (χ4v) is 2.98. The Balaban J connectivity index is 1.27. The summed E-state index contributed by atoms with van der Waals surface area (Å²) in [5, 5.41) is 25.3. The van der Waals surface area contributed by atoms with Crippen molar-refractivity contribution in [2.45, 2.75) is 0 Å². The lowest BCUT2D eigenvalue weighted by atomic mass is 10.2. The lowest BCUT2D eigenvalue weighted by Crippen LogP contribution is -2.36. The summed E-state index contributed by atoms with van der Waals surface area (Å²) >= 11 is 0. The lowest BCUT2D eigenvalue weighted by molar-refractivity contribution is 0.0955. The molecule has 1 fully saturated rings. The van der Waals surface area contributed by atoms with E-state index in [-0.39, 0.29) is 5.91 Å². The maximum absolute atomic E-state index is 12.4. The largest absolute Gasteiger partial charge is 0.378 e. The number of rotatable bonds is 7. The SMILES string of the molecule is O=C(NCCNc1cc(N2CCOCC2)cnn1)c1cccc(-n2cnnn2)c1. The Morgan fingerprint density at radius 1 is 1.10 bits per heavy atom. The van der Waals surface area contributed by atoms with E-state index in [4.69, 9.17) is 4.74 Å². The van der Waals surface area contributed by atoms with E-state index < -0.39 is 0 Å². The van der Waals surface area contributed by atoms with Crippen LogP contribution in [0.25, 0.3) is 5.69 Å². The van der Waals surface area contributed by atoms with Crippen LogP contribution < -0.4 is 15.5 Å². The van der Waals surface area contributed by atoms with Crippen molar-refractivity contribution in [2.75, 3.05) is 49.6 Å². The van der Waals surface area contributed by atoms with Crippen LogP contribution in [-0.2, 0) is 4.74 Å². The molecule has 0 radical (unpaired) electrons. The Morgan fingerprint density at radius 2 is 2.00 bits per heavy atom. The molecule has 3 aromatic rings. The quantitative estimate of drug-likeness (QED) is 0.537. The minimum absolute atomic E-state index is 0.171. The maximum Gasteiger partial charge on any atom is 0.251 e. The first kappa shape index (κ1) is 18.7. The van der Waals surface area contributed by atoms with E-state index in [0.717, 1.165) is 24.5 Å². The van der Waals surface area contributed by atoms with Gasteiger partial charge in [0.2, 0.25) is 0 Å². The van der Waals surface area contributed by atoms with Crippen LogP contribution in [0.3, 0.4) is 0 Å². The molecule has 0 saturated carbocycles. The van der Waals surface area contributed by atoms with Gasteiger partial charge in [0, 0.05) is 37.8 Å². The van der Waals surface area contributed by atoms with Crippen LogP contribution in [0.15, 0.2) is 42.9 Å². The highest BCUT2D eigenvalue weighted by Gasteiger charge is 2.12. The smallest absolute Gasteiger partial charge is 0.251 e. The molecule has 1 aliphatic rings. The highest BCUT2D eigenvalue weighted by atomic mass is 16.5. The van der Waals surface area contributed by atoms with Crippen molar-refractivity contribution in [2.24, 2.45) is 0 Å². The van der Waals surface area contributed by atoms with Gasteiger partial charge in [-0.3, -0.25) is 4.79 Å². The van der Waals surface area contributed by atoms with Crippen molar-refractivity contribution in [1.29, 1.82) is 0 Å². The molecule has 1 amide bonds. The van der Waals surface area contributed by atoms with Gasteiger partial charge < -0.3 is 20.3 Å². The molecular formula is C18H21N9O2. The first-order chi connectivity index (χ1) is 14.3. The zero-order chi connectivity index (χ0) is 19.9. The second kappa shape index (κ2) is 9.06. The van der Waals surface area contributed by atoms with Crippen LogP contribution in [0.4, 0.5) is 11.5 Å². The van der Waals surface area contributed by atoms with Crippen molar-refractivity contribution in [3.05, 3.63) is 48.4 Å². The van der Waals surface area contributed by atoms with Gasteiger partial charge in [-0.1, -0.05) is 6.07 Å². The molecule has 2 N–H and O–H groups in total. The molecule has 1 aromatic carbocycles. The van der Waals surface area contributed by atoms with Gasteiger partial charge in [0.1, 0.15) is 6.33 Å². The monoisotopic (exact) mass is 395 g/mol. The van der Waals surface area contributed by atoms with Gasteiger partial charge in [0.25, 0.3) is 5.91 Å². The molecular weight excluding hydrogens is 374 g/mol. The molecule has 0 spiro atoms. The van der Waals surface area contributed by atoms with Gasteiger partial charge in [0.05, 0.1) is 30.8 Å². The van der Waals surface area contributed by atoms with Gasteiger partial charge in [0.15, 0.2) is 5.82 Å². The minimum Gasteiger partial charge on any atom is -0.378 e. The standard InChI is InChI=1S/C18H21N9O2/c28-18(14-2-1-3-15(10-14)27-13-22-24-25-27)20-5-4-19-17-11-16(12-21-23-17)26-6-8-29-9-7-26/h1-3,10-13H,4-9H2,(H,19,23)(H,20,28). The Kier molecular flexibility index (Phi) is 5.86. The van der Waals surface area contributed by atoms with Crippen LogP contribution in [0, 0.1) is 0 Å². The average Bonchev–Trinajstić information content (AvgIpc) is 3.33. The number of benzene rings is 1. The van der Waals surface area contributed by atoms with E-state index >= 15 is 0 Å². The van der Waals surface area contributed by atoms with Gasteiger partial charge in [-0.2, -0.15) is 5.10 Å². The molecule has 150 valence electrons. The number of hydrogen-bond donors (Lipinski definition) is 2. The van der Waals surface area contributed by atoms with Crippen molar-refractivity contribution in [3.8, 4) is 5.69 Å². The average molecular weight is 395 g/mol. The summed E-state index contributed by atoms with van der Waals surface area (Å²) < 4.78 is 6.87. The number of nitrogens with zero attached hydrogens (tertiary/aromatic N) is 7. The van der Waals surface area contributed by atoms with Crippen LogP contribution in [0.1, 0.15) is 10.4 Å². The number of aromatic nitrogens is 6. The van der Waals surface area contributed by atoms with Crippen molar-refractivity contribution in [3.63, 3.8) is 0 Å². The summed E-state index contributed by atoms with van der Waals surface area (Å²) in [5.41, 5.74) is 2.26. The van der Waals surface area contributed by atoms with Crippen LogP contribution in [0.2, 0.25) is 0 Å². The number of tetrazole rings is 1. The molecule has 2 aromatic heterocycles. The fraction of sp³-hybridized carbons (Fsp3) is 0.333. The second-order valence-corrected chi connectivity index (χ2v) is 6.39. The number of anilines is 2. The predicted molar refractivity (Wildman–Crippen MR) is 105 cm³/mol. The van der Waals surface area contributed by atoms with E-state index in [0.29, 0.717) is 37.7 Å². The van der Waals surface area contributed by atoms with E-state index in [2.05, 4.69) is 41.3 Å². The van der Waals surface area contributed by atoms with E-state index in [1.807, 2.05) is 12.1 Å². The second-order valence-electron chi connectivity index (χ2n) is 6.39. The van der Waals surface area contributed by atoms with E-state index in [9.17, 15) is 4.79 Å². The van der Waals surface area contributed by atoms with Gasteiger partial charge in [-0.15, -0.1) is 10.2 Å². The zero-order valence-corrected chi connectivity index (χ0v) is 15.7. The number of hydrogen-bond acceptors (Lipinski definition) is 9. The Hall–Kier alpha value is -3.60. The molecule has 11 heteroatoms. The third-order valence-electron chi connectivity index (χ3n) is 4.45.